The molecule has 0 aromatic heterocycles. The first-order chi connectivity index (χ1) is 11.3. The van der Waals surface area contributed by atoms with E-state index in [1.807, 2.05) is 6.92 Å². The third-order valence-electron chi connectivity index (χ3n) is 4.71. The van der Waals surface area contributed by atoms with E-state index < -0.39 is 0 Å². The largest absolute Gasteiger partial charge is 0.303 e. The number of unbranched alkanes of at least 4 members (excludes halogenated alkanes) is 15. The highest BCUT2D eigenvalue weighted by molar-refractivity contribution is 5.52. The van der Waals surface area contributed by atoms with Crippen LogP contribution >= 0.6 is 0 Å². The maximum atomic E-state index is 10.5. The molecule has 1 atom stereocenters. The summed E-state index contributed by atoms with van der Waals surface area (Å²) in [6.45, 7) is 2.01. The molecule has 0 saturated heterocycles. The van der Waals surface area contributed by atoms with Crippen LogP contribution in [-0.2, 0) is 9.59 Å². The molecule has 0 aromatic rings. The van der Waals surface area contributed by atoms with Gasteiger partial charge in [0.2, 0.25) is 0 Å². The zero-order valence-corrected chi connectivity index (χ0v) is 15.6. The Morgan fingerprint density at radius 2 is 0.913 bits per heavy atom. The Morgan fingerprint density at radius 3 is 1.26 bits per heavy atom. The summed E-state index contributed by atoms with van der Waals surface area (Å²) in [4.78, 5) is 20.7. The van der Waals surface area contributed by atoms with Crippen LogP contribution in [0.4, 0.5) is 0 Å². The molecule has 0 amide bonds. The Hall–Kier alpha value is -0.660. The van der Waals surface area contributed by atoms with Gasteiger partial charge in [-0.25, -0.2) is 0 Å². The van der Waals surface area contributed by atoms with Crippen molar-refractivity contribution in [2.75, 3.05) is 0 Å². The number of aldehydes is 2. The quantitative estimate of drug-likeness (QED) is 0.197. The molecule has 0 heterocycles. The Balaban J connectivity index is 3.00. The van der Waals surface area contributed by atoms with Gasteiger partial charge in [-0.15, -0.1) is 0 Å². The van der Waals surface area contributed by atoms with E-state index in [9.17, 15) is 9.59 Å². The third kappa shape index (κ3) is 19.3. The topological polar surface area (TPSA) is 34.1 Å². The molecule has 0 aliphatic carbocycles. The highest BCUT2D eigenvalue weighted by Crippen LogP contribution is 2.14. The van der Waals surface area contributed by atoms with Crippen LogP contribution in [0.2, 0.25) is 0 Å². The maximum absolute atomic E-state index is 10.5. The van der Waals surface area contributed by atoms with E-state index in [4.69, 9.17) is 0 Å². The van der Waals surface area contributed by atoms with Gasteiger partial charge >= 0.3 is 0 Å². The average Bonchev–Trinajstić information content (AvgIpc) is 2.57. The van der Waals surface area contributed by atoms with Crippen molar-refractivity contribution < 1.29 is 9.59 Å². The van der Waals surface area contributed by atoms with Crippen molar-refractivity contribution >= 4 is 12.6 Å². The summed E-state index contributed by atoms with van der Waals surface area (Å²) in [5.74, 6) is 0.256. The van der Waals surface area contributed by atoms with E-state index in [0.717, 1.165) is 31.8 Å². The molecule has 0 aromatic carbocycles. The lowest BCUT2D eigenvalue weighted by molar-refractivity contribution is -0.111. The standard InChI is InChI=1S/C21H40O2/c1-21(20-23)18-16-14-12-10-8-6-4-2-3-5-7-9-11-13-15-17-19-22/h19-21H,2-18H2,1H3. The zero-order valence-electron chi connectivity index (χ0n) is 15.6. The Labute approximate surface area is 144 Å². The van der Waals surface area contributed by atoms with Crippen LogP contribution < -0.4 is 0 Å². The highest BCUT2D eigenvalue weighted by Gasteiger charge is 1.99. The second-order valence-electron chi connectivity index (χ2n) is 7.16. The number of carbonyl (C=O) groups excluding carboxylic acids is 2. The summed E-state index contributed by atoms with van der Waals surface area (Å²) in [7, 11) is 0. The number of hydrogen-bond donors (Lipinski definition) is 0. The lowest BCUT2D eigenvalue weighted by Gasteiger charge is -2.04. The Morgan fingerprint density at radius 1 is 0.565 bits per heavy atom. The molecular formula is C21H40O2. The van der Waals surface area contributed by atoms with Gasteiger partial charge < -0.3 is 9.59 Å². The predicted molar refractivity (Wildman–Crippen MR) is 99.8 cm³/mol. The lowest BCUT2D eigenvalue weighted by Crippen LogP contribution is -1.94. The predicted octanol–water partition coefficient (Wildman–Crippen LogP) is 6.65. The Bertz CT molecular complexity index is 250. The zero-order chi connectivity index (χ0) is 17.0. The fourth-order valence-corrected chi connectivity index (χ4v) is 3.06. The van der Waals surface area contributed by atoms with Gasteiger partial charge in [0.05, 0.1) is 0 Å². The fourth-order valence-electron chi connectivity index (χ4n) is 3.06. The van der Waals surface area contributed by atoms with Gasteiger partial charge in [0, 0.05) is 12.3 Å². The molecule has 2 heteroatoms. The van der Waals surface area contributed by atoms with E-state index in [1.54, 1.807) is 0 Å². The number of rotatable bonds is 19. The van der Waals surface area contributed by atoms with Crippen LogP contribution in [0.25, 0.3) is 0 Å². The smallest absolute Gasteiger partial charge is 0.122 e. The van der Waals surface area contributed by atoms with Crippen LogP contribution in [0, 0.1) is 5.92 Å². The van der Waals surface area contributed by atoms with Crippen molar-refractivity contribution in [2.24, 2.45) is 5.92 Å². The number of hydrogen-bond acceptors (Lipinski definition) is 2. The molecule has 0 N–H and O–H groups in total. The molecule has 0 radical (unpaired) electrons. The highest BCUT2D eigenvalue weighted by atomic mass is 16.1. The SMILES string of the molecule is CC(C=O)CCCCCCCCCCCCCCCCCC=O. The van der Waals surface area contributed by atoms with Crippen LogP contribution in [-0.4, -0.2) is 12.6 Å². The van der Waals surface area contributed by atoms with Gasteiger partial charge in [-0.1, -0.05) is 96.8 Å². The summed E-state index contributed by atoms with van der Waals surface area (Å²) in [6.07, 6.45) is 23.9. The second-order valence-corrected chi connectivity index (χ2v) is 7.16. The summed E-state index contributed by atoms with van der Waals surface area (Å²) in [5, 5.41) is 0. The molecule has 136 valence electrons. The van der Waals surface area contributed by atoms with Crippen molar-refractivity contribution in [3.8, 4) is 0 Å². The summed E-state index contributed by atoms with van der Waals surface area (Å²) in [5.41, 5.74) is 0. The average molecular weight is 325 g/mol. The van der Waals surface area contributed by atoms with Crippen molar-refractivity contribution in [1.29, 1.82) is 0 Å². The minimum atomic E-state index is 0.256. The minimum Gasteiger partial charge on any atom is -0.303 e. The van der Waals surface area contributed by atoms with Crippen LogP contribution in [0.15, 0.2) is 0 Å². The fraction of sp³-hybridized carbons (Fsp3) is 0.905. The van der Waals surface area contributed by atoms with Crippen LogP contribution in [0.5, 0.6) is 0 Å². The third-order valence-corrected chi connectivity index (χ3v) is 4.71. The molecule has 0 rings (SSSR count). The van der Waals surface area contributed by atoms with Gasteiger partial charge in [-0.05, 0) is 12.8 Å². The van der Waals surface area contributed by atoms with Crippen molar-refractivity contribution in [1.82, 2.24) is 0 Å². The first-order valence-corrected chi connectivity index (χ1v) is 10.2. The van der Waals surface area contributed by atoms with E-state index in [2.05, 4.69) is 0 Å². The van der Waals surface area contributed by atoms with E-state index in [-0.39, 0.29) is 5.92 Å². The molecule has 0 aliphatic heterocycles. The molecule has 23 heavy (non-hydrogen) atoms. The molecule has 0 bridgehead atoms. The summed E-state index contributed by atoms with van der Waals surface area (Å²) in [6, 6.07) is 0. The second kappa shape index (κ2) is 19.4. The first kappa shape index (κ1) is 22.3. The van der Waals surface area contributed by atoms with Crippen molar-refractivity contribution in [3.05, 3.63) is 0 Å². The monoisotopic (exact) mass is 324 g/mol. The lowest BCUT2D eigenvalue weighted by atomic mass is 10.0. The van der Waals surface area contributed by atoms with Gasteiger partial charge in [0.1, 0.15) is 12.6 Å². The first-order valence-electron chi connectivity index (χ1n) is 10.2. The van der Waals surface area contributed by atoms with Gasteiger partial charge in [-0.2, -0.15) is 0 Å². The minimum absolute atomic E-state index is 0.256. The van der Waals surface area contributed by atoms with E-state index in [1.165, 1.54) is 89.9 Å². The summed E-state index contributed by atoms with van der Waals surface area (Å²) >= 11 is 0. The van der Waals surface area contributed by atoms with Crippen LogP contribution in [0.3, 0.4) is 0 Å². The van der Waals surface area contributed by atoms with Gasteiger partial charge in [0.25, 0.3) is 0 Å². The molecular weight excluding hydrogens is 284 g/mol. The molecule has 0 saturated carbocycles. The molecule has 0 fully saturated rings. The maximum Gasteiger partial charge on any atom is 0.122 e. The van der Waals surface area contributed by atoms with E-state index >= 15 is 0 Å². The van der Waals surface area contributed by atoms with Crippen molar-refractivity contribution in [2.45, 2.75) is 116 Å². The molecule has 2 nitrogen and oxygen atoms in total. The summed E-state index contributed by atoms with van der Waals surface area (Å²) < 4.78 is 0. The normalized spacial score (nSPS) is 12.2. The van der Waals surface area contributed by atoms with Crippen LogP contribution in [0.1, 0.15) is 116 Å². The molecule has 1 unspecified atom stereocenters. The number of carbonyl (C=O) groups is 2. The van der Waals surface area contributed by atoms with Crippen molar-refractivity contribution in [3.63, 3.8) is 0 Å². The van der Waals surface area contributed by atoms with Gasteiger partial charge in [0.15, 0.2) is 0 Å². The Kier molecular flexibility index (Phi) is 18.8. The molecule has 0 aliphatic rings. The molecule has 0 spiro atoms. The van der Waals surface area contributed by atoms with Gasteiger partial charge in [-0.3, -0.25) is 0 Å². The van der Waals surface area contributed by atoms with E-state index in [0.29, 0.717) is 0 Å².